The number of carbonyl (C=O) groups excluding carboxylic acids is 1. The Balaban J connectivity index is 1.50. The number of aromatic nitrogens is 1. The van der Waals surface area contributed by atoms with Crippen LogP contribution in [0, 0.1) is 11.6 Å². The zero-order valence-corrected chi connectivity index (χ0v) is 14.5. The molecule has 0 bridgehead atoms. The zero-order chi connectivity index (χ0) is 17.6. The minimum atomic E-state index is -0.531. The molecule has 0 aliphatic carbocycles. The second kappa shape index (κ2) is 8.35. The van der Waals surface area contributed by atoms with Crippen LogP contribution < -0.4 is 10.6 Å². The lowest BCUT2D eigenvalue weighted by atomic mass is 10.0. The van der Waals surface area contributed by atoms with Gasteiger partial charge in [-0.05, 0) is 31.5 Å². The number of nitrogens with zero attached hydrogens (tertiary/aromatic N) is 2. The van der Waals surface area contributed by atoms with Gasteiger partial charge >= 0.3 is 6.03 Å². The Morgan fingerprint density at radius 3 is 2.88 bits per heavy atom. The van der Waals surface area contributed by atoms with E-state index in [1.54, 1.807) is 6.20 Å². The van der Waals surface area contributed by atoms with Crippen molar-refractivity contribution in [1.29, 1.82) is 0 Å². The smallest absolute Gasteiger partial charge is 0.315 e. The van der Waals surface area contributed by atoms with Crippen molar-refractivity contribution in [1.82, 2.24) is 20.5 Å². The second-order valence-corrected chi connectivity index (χ2v) is 7.01. The molecule has 2 heterocycles. The Kier molecular flexibility index (Phi) is 5.93. The van der Waals surface area contributed by atoms with Crippen LogP contribution in [0.4, 0.5) is 13.6 Å². The highest BCUT2D eigenvalue weighted by Gasteiger charge is 2.23. The number of nitrogens with one attached hydrogen (secondary N) is 2. The fourth-order valence-corrected chi connectivity index (χ4v) is 3.51. The second-order valence-electron chi connectivity index (χ2n) is 6.03. The number of urea groups is 1. The first kappa shape index (κ1) is 17.8. The first-order valence-electron chi connectivity index (χ1n) is 8.20. The van der Waals surface area contributed by atoms with Crippen molar-refractivity contribution in [3.05, 3.63) is 52.0 Å². The predicted molar refractivity (Wildman–Crippen MR) is 92.1 cm³/mol. The Morgan fingerprint density at radius 2 is 2.16 bits per heavy atom. The monoisotopic (exact) mass is 366 g/mol. The van der Waals surface area contributed by atoms with Gasteiger partial charge in [-0.2, -0.15) is 0 Å². The summed E-state index contributed by atoms with van der Waals surface area (Å²) in [5.41, 5.74) is 0.0800. The van der Waals surface area contributed by atoms with Gasteiger partial charge in [-0.25, -0.2) is 18.6 Å². The van der Waals surface area contributed by atoms with Gasteiger partial charge in [0.2, 0.25) is 0 Å². The molecule has 134 valence electrons. The van der Waals surface area contributed by atoms with Crippen LogP contribution in [-0.4, -0.2) is 35.0 Å². The standard InChI is InChI=1S/C17H20F2N4OS/c18-14-4-1-5-15(19)13(14)11-23-7-2-3-12(10-23)22-17(24)21-9-16-20-6-8-25-16/h1,4-6,8,12H,2-3,7,9-11H2,(H2,21,22,24). The summed E-state index contributed by atoms with van der Waals surface area (Å²) in [5, 5.41) is 8.40. The number of piperidine rings is 1. The fourth-order valence-electron chi connectivity index (χ4n) is 2.96. The van der Waals surface area contributed by atoms with E-state index in [9.17, 15) is 13.6 Å². The molecule has 1 aromatic carbocycles. The van der Waals surface area contributed by atoms with Crippen molar-refractivity contribution in [2.45, 2.75) is 32.0 Å². The van der Waals surface area contributed by atoms with Gasteiger partial charge in [-0.3, -0.25) is 4.90 Å². The molecule has 2 aromatic rings. The molecule has 3 rings (SSSR count). The van der Waals surface area contributed by atoms with Crippen LogP contribution in [0.1, 0.15) is 23.4 Å². The highest BCUT2D eigenvalue weighted by atomic mass is 32.1. The number of thiazole rings is 1. The van der Waals surface area contributed by atoms with E-state index >= 15 is 0 Å². The minimum absolute atomic E-state index is 0.0418. The van der Waals surface area contributed by atoms with Crippen LogP contribution in [0.2, 0.25) is 0 Å². The lowest BCUT2D eigenvalue weighted by molar-refractivity contribution is 0.177. The maximum absolute atomic E-state index is 13.8. The largest absolute Gasteiger partial charge is 0.334 e. The molecule has 1 fully saturated rings. The van der Waals surface area contributed by atoms with Crippen molar-refractivity contribution in [3.63, 3.8) is 0 Å². The number of halogens is 2. The van der Waals surface area contributed by atoms with Crippen LogP contribution in [-0.2, 0) is 13.1 Å². The van der Waals surface area contributed by atoms with E-state index in [0.717, 1.165) is 24.4 Å². The van der Waals surface area contributed by atoms with Crippen molar-refractivity contribution in [3.8, 4) is 0 Å². The number of likely N-dealkylation sites (tertiary alicyclic amines) is 1. The van der Waals surface area contributed by atoms with E-state index in [1.807, 2.05) is 10.3 Å². The van der Waals surface area contributed by atoms with E-state index < -0.39 is 11.6 Å². The van der Waals surface area contributed by atoms with Gasteiger partial charge < -0.3 is 10.6 Å². The summed E-state index contributed by atoms with van der Waals surface area (Å²) >= 11 is 1.48. The summed E-state index contributed by atoms with van der Waals surface area (Å²) in [6.07, 6.45) is 3.41. The molecule has 0 spiro atoms. The summed E-state index contributed by atoms with van der Waals surface area (Å²) in [4.78, 5) is 18.1. The fraction of sp³-hybridized carbons (Fsp3) is 0.412. The van der Waals surface area contributed by atoms with Gasteiger partial charge in [0.25, 0.3) is 0 Å². The van der Waals surface area contributed by atoms with E-state index in [-0.39, 0.29) is 24.2 Å². The summed E-state index contributed by atoms with van der Waals surface area (Å²) < 4.78 is 27.6. The molecule has 8 heteroatoms. The maximum atomic E-state index is 13.8. The number of rotatable bonds is 5. The predicted octanol–water partition coefficient (Wildman–Crippen LogP) is 2.89. The third kappa shape index (κ3) is 4.96. The summed E-state index contributed by atoms with van der Waals surface area (Å²) in [5.74, 6) is -1.06. The average Bonchev–Trinajstić information content (AvgIpc) is 3.10. The Morgan fingerprint density at radius 1 is 1.36 bits per heavy atom. The quantitative estimate of drug-likeness (QED) is 0.856. The first-order valence-corrected chi connectivity index (χ1v) is 9.08. The molecule has 1 aliphatic rings. The summed E-state index contributed by atoms with van der Waals surface area (Å²) in [7, 11) is 0. The van der Waals surface area contributed by atoms with E-state index in [0.29, 0.717) is 13.1 Å². The lowest BCUT2D eigenvalue weighted by Gasteiger charge is -2.33. The number of carbonyl (C=O) groups is 1. The van der Waals surface area contributed by atoms with Crippen molar-refractivity contribution in [2.75, 3.05) is 13.1 Å². The Hall–Kier alpha value is -2.06. The van der Waals surface area contributed by atoms with Gasteiger partial charge in [0.05, 0.1) is 6.54 Å². The molecule has 2 N–H and O–H groups in total. The van der Waals surface area contributed by atoms with E-state index in [1.165, 1.54) is 29.5 Å². The highest BCUT2D eigenvalue weighted by Crippen LogP contribution is 2.18. The molecular weight excluding hydrogens is 346 g/mol. The molecule has 0 radical (unpaired) electrons. The highest BCUT2D eigenvalue weighted by molar-refractivity contribution is 7.09. The molecule has 5 nitrogen and oxygen atoms in total. The average molecular weight is 366 g/mol. The summed E-state index contributed by atoms with van der Waals surface area (Å²) in [6.45, 7) is 1.92. The molecule has 1 unspecified atom stereocenters. The van der Waals surface area contributed by atoms with E-state index in [4.69, 9.17) is 0 Å². The number of hydrogen-bond donors (Lipinski definition) is 2. The Bertz CT molecular complexity index is 690. The van der Waals surface area contributed by atoms with Gasteiger partial charge in [0.1, 0.15) is 16.6 Å². The van der Waals surface area contributed by atoms with Crippen LogP contribution in [0.15, 0.2) is 29.8 Å². The van der Waals surface area contributed by atoms with Crippen molar-refractivity contribution >= 4 is 17.4 Å². The third-order valence-electron chi connectivity index (χ3n) is 4.17. The zero-order valence-electron chi connectivity index (χ0n) is 13.7. The first-order chi connectivity index (χ1) is 12.1. The van der Waals surface area contributed by atoms with Crippen LogP contribution in [0.25, 0.3) is 0 Å². The van der Waals surface area contributed by atoms with Crippen molar-refractivity contribution in [2.24, 2.45) is 0 Å². The lowest BCUT2D eigenvalue weighted by Crippen LogP contribution is -2.50. The van der Waals surface area contributed by atoms with Crippen molar-refractivity contribution < 1.29 is 13.6 Å². The molecule has 1 atom stereocenters. The van der Waals surface area contributed by atoms with Crippen LogP contribution in [0.3, 0.4) is 0 Å². The Labute approximate surface area is 149 Å². The molecule has 1 aromatic heterocycles. The third-order valence-corrected chi connectivity index (χ3v) is 4.95. The molecular formula is C17H20F2N4OS. The molecule has 2 amide bonds. The molecule has 1 aliphatic heterocycles. The van der Waals surface area contributed by atoms with Gasteiger partial charge in [0.15, 0.2) is 0 Å². The van der Waals surface area contributed by atoms with Crippen LogP contribution >= 0.6 is 11.3 Å². The van der Waals surface area contributed by atoms with Crippen LogP contribution in [0.5, 0.6) is 0 Å². The molecule has 0 saturated carbocycles. The summed E-state index contributed by atoms with van der Waals surface area (Å²) in [6, 6.07) is 3.61. The minimum Gasteiger partial charge on any atom is -0.334 e. The topological polar surface area (TPSA) is 57.3 Å². The molecule has 25 heavy (non-hydrogen) atoms. The van der Waals surface area contributed by atoms with E-state index in [2.05, 4.69) is 15.6 Å². The molecule has 1 saturated heterocycles. The normalized spacial score (nSPS) is 18.1. The van der Waals surface area contributed by atoms with Gasteiger partial charge in [-0.1, -0.05) is 6.07 Å². The number of amides is 2. The van der Waals surface area contributed by atoms with Gasteiger partial charge in [0, 0.05) is 36.3 Å². The SMILES string of the molecule is O=C(NCc1nccs1)NC1CCCN(Cc2c(F)cccc2F)C1. The number of benzene rings is 1. The number of hydrogen-bond acceptors (Lipinski definition) is 4. The maximum Gasteiger partial charge on any atom is 0.315 e. The van der Waals surface area contributed by atoms with Gasteiger partial charge in [-0.15, -0.1) is 11.3 Å².